The third-order valence-electron chi connectivity index (χ3n) is 3.13. The molecule has 1 aromatic rings. The van der Waals surface area contributed by atoms with Crippen molar-refractivity contribution in [2.75, 3.05) is 13.7 Å². The summed E-state index contributed by atoms with van der Waals surface area (Å²) in [5.41, 5.74) is 0.412. The highest BCUT2D eigenvalue weighted by Crippen LogP contribution is 2.35. The monoisotopic (exact) mass is 321 g/mol. The van der Waals surface area contributed by atoms with Gasteiger partial charge in [0.2, 0.25) is 0 Å². The number of carbonyl (C=O) groups excluding carboxylic acids is 1. The Balaban J connectivity index is 2.21. The summed E-state index contributed by atoms with van der Waals surface area (Å²) in [6.45, 7) is 6.50. The van der Waals surface area contributed by atoms with E-state index in [1.54, 1.807) is 7.11 Å². The summed E-state index contributed by atoms with van der Waals surface area (Å²) >= 11 is 1.50. The first-order valence-corrected chi connectivity index (χ1v) is 8.34. The molecule has 0 saturated carbocycles. The van der Waals surface area contributed by atoms with E-state index in [1.807, 2.05) is 45.0 Å². The van der Waals surface area contributed by atoms with E-state index in [9.17, 15) is 4.79 Å². The molecular weight excluding hydrogens is 298 g/mol. The van der Waals surface area contributed by atoms with Crippen molar-refractivity contribution < 1.29 is 14.3 Å². The first-order valence-electron chi connectivity index (χ1n) is 7.46. The molecule has 1 aromatic carbocycles. The molecule has 0 radical (unpaired) electrons. The molecule has 22 heavy (non-hydrogen) atoms. The zero-order valence-corrected chi connectivity index (χ0v) is 14.4. The molecule has 0 N–H and O–H groups in total. The van der Waals surface area contributed by atoms with Gasteiger partial charge in [-0.05, 0) is 51.3 Å². The average molecular weight is 321 g/mol. The summed E-state index contributed by atoms with van der Waals surface area (Å²) in [7, 11) is 1.63. The van der Waals surface area contributed by atoms with Gasteiger partial charge in [-0.15, -0.1) is 0 Å². The van der Waals surface area contributed by atoms with Crippen molar-refractivity contribution in [2.45, 2.75) is 44.5 Å². The van der Waals surface area contributed by atoms with Crippen LogP contribution in [0.2, 0.25) is 0 Å². The number of ether oxygens (including phenoxy) is 2. The largest absolute Gasteiger partial charge is 0.497 e. The predicted octanol–water partition coefficient (Wildman–Crippen LogP) is 4.00. The second-order valence-electron chi connectivity index (χ2n) is 6.18. The Bertz CT molecular complexity index is 546. The molecule has 5 heteroatoms. The molecule has 0 bridgehead atoms. The number of methoxy groups -OCH3 is 1. The van der Waals surface area contributed by atoms with Crippen LogP contribution in [-0.2, 0) is 9.53 Å². The number of nitrogens with zero attached hydrogens (tertiary/aromatic N) is 1. The normalized spacial score (nSPS) is 16.1. The highest BCUT2D eigenvalue weighted by Gasteiger charge is 2.29. The van der Waals surface area contributed by atoms with Gasteiger partial charge >= 0.3 is 5.97 Å². The predicted molar refractivity (Wildman–Crippen MR) is 90.7 cm³/mol. The van der Waals surface area contributed by atoms with Crippen molar-refractivity contribution in [2.24, 2.45) is 4.99 Å². The van der Waals surface area contributed by atoms with Crippen LogP contribution in [0, 0.1) is 0 Å². The number of aliphatic imine (C=N–C) groups is 1. The fraction of sp³-hybridized carbons (Fsp3) is 0.529. The van der Waals surface area contributed by atoms with Gasteiger partial charge in [0.15, 0.2) is 0 Å². The summed E-state index contributed by atoms with van der Waals surface area (Å²) < 4.78 is 10.8. The lowest BCUT2D eigenvalue weighted by Crippen LogP contribution is -2.27. The van der Waals surface area contributed by atoms with E-state index in [2.05, 4.69) is 4.99 Å². The highest BCUT2D eigenvalue weighted by atomic mass is 32.2. The first kappa shape index (κ1) is 16.9. The lowest BCUT2D eigenvalue weighted by atomic mass is 10.1. The van der Waals surface area contributed by atoms with Gasteiger partial charge in [0, 0.05) is 6.54 Å². The zero-order valence-electron chi connectivity index (χ0n) is 13.6. The van der Waals surface area contributed by atoms with Crippen LogP contribution in [0.25, 0.3) is 0 Å². The SMILES string of the molecule is COc1ccc(C(SC2=NCCC2)C(=O)OC(C)(C)C)cc1. The lowest BCUT2D eigenvalue weighted by Gasteiger charge is -2.24. The third kappa shape index (κ3) is 4.77. The topological polar surface area (TPSA) is 47.9 Å². The van der Waals surface area contributed by atoms with Gasteiger partial charge in [0.25, 0.3) is 0 Å². The lowest BCUT2D eigenvalue weighted by molar-refractivity contribution is -0.154. The number of hydrogen-bond acceptors (Lipinski definition) is 5. The minimum absolute atomic E-state index is 0.225. The third-order valence-corrected chi connectivity index (χ3v) is 4.44. The molecule has 1 aliphatic rings. The standard InChI is InChI=1S/C17H23NO3S/c1-17(2,3)21-16(19)15(22-14-6-5-11-18-14)12-7-9-13(20-4)10-8-12/h7-10,15H,5-6,11H2,1-4H3. The fourth-order valence-electron chi connectivity index (χ4n) is 2.13. The molecule has 0 amide bonds. The fourth-order valence-corrected chi connectivity index (χ4v) is 3.27. The summed E-state index contributed by atoms with van der Waals surface area (Å²) in [6.07, 6.45) is 2.01. The van der Waals surface area contributed by atoms with E-state index in [1.165, 1.54) is 11.8 Å². The summed E-state index contributed by atoms with van der Waals surface area (Å²) in [5, 5.41) is 0.647. The number of carbonyl (C=O) groups is 1. The van der Waals surface area contributed by atoms with Crippen molar-refractivity contribution in [3.63, 3.8) is 0 Å². The van der Waals surface area contributed by atoms with Crippen LogP contribution < -0.4 is 4.74 Å². The molecule has 0 fully saturated rings. The molecule has 1 unspecified atom stereocenters. The minimum Gasteiger partial charge on any atom is -0.497 e. The first-order chi connectivity index (χ1) is 10.4. The van der Waals surface area contributed by atoms with Crippen LogP contribution in [0.4, 0.5) is 0 Å². The molecule has 1 atom stereocenters. The molecule has 4 nitrogen and oxygen atoms in total. The van der Waals surface area contributed by atoms with Crippen molar-refractivity contribution in [1.82, 2.24) is 0 Å². The van der Waals surface area contributed by atoms with Crippen molar-refractivity contribution in [1.29, 1.82) is 0 Å². The van der Waals surface area contributed by atoms with Crippen molar-refractivity contribution >= 4 is 22.8 Å². The molecule has 0 aliphatic carbocycles. The molecule has 120 valence electrons. The van der Waals surface area contributed by atoms with Gasteiger partial charge in [-0.1, -0.05) is 23.9 Å². The molecule has 1 aliphatic heterocycles. The maximum atomic E-state index is 12.6. The van der Waals surface area contributed by atoms with Gasteiger partial charge < -0.3 is 9.47 Å². The Labute approximate surface area is 136 Å². The van der Waals surface area contributed by atoms with E-state index in [-0.39, 0.29) is 11.2 Å². The van der Waals surface area contributed by atoms with Crippen molar-refractivity contribution in [3.8, 4) is 5.75 Å². The summed E-state index contributed by atoms with van der Waals surface area (Å²) in [5.74, 6) is 0.548. The van der Waals surface area contributed by atoms with Gasteiger partial charge in [-0.3, -0.25) is 9.79 Å². The molecule has 2 rings (SSSR count). The summed E-state index contributed by atoms with van der Waals surface area (Å²) in [4.78, 5) is 17.0. The number of esters is 1. The Hall–Kier alpha value is -1.49. The van der Waals surface area contributed by atoms with Crippen LogP contribution in [-0.4, -0.2) is 30.3 Å². The minimum atomic E-state index is -0.500. The van der Waals surface area contributed by atoms with E-state index in [0.29, 0.717) is 0 Å². The van der Waals surface area contributed by atoms with Gasteiger partial charge in [0.1, 0.15) is 16.6 Å². The second kappa shape index (κ2) is 7.18. The summed E-state index contributed by atoms with van der Waals surface area (Å²) in [6, 6.07) is 7.55. The van der Waals surface area contributed by atoms with Crippen molar-refractivity contribution in [3.05, 3.63) is 29.8 Å². The Morgan fingerprint density at radius 3 is 2.45 bits per heavy atom. The van der Waals surface area contributed by atoms with Gasteiger partial charge in [-0.2, -0.15) is 0 Å². The van der Waals surface area contributed by atoms with E-state index < -0.39 is 5.60 Å². The molecule has 1 heterocycles. The van der Waals surface area contributed by atoms with Crippen LogP contribution in [0.5, 0.6) is 5.75 Å². The second-order valence-corrected chi connectivity index (χ2v) is 7.36. The quantitative estimate of drug-likeness (QED) is 0.786. The van der Waals surface area contributed by atoms with Gasteiger partial charge in [-0.25, -0.2) is 0 Å². The zero-order chi connectivity index (χ0) is 16.2. The molecule has 0 aromatic heterocycles. The van der Waals surface area contributed by atoms with Crippen LogP contribution in [0.3, 0.4) is 0 Å². The van der Waals surface area contributed by atoms with E-state index in [0.717, 1.165) is 35.7 Å². The Morgan fingerprint density at radius 1 is 1.27 bits per heavy atom. The van der Waals surface area contributed by atoms with Crippen LogP contribution in [0.1, 0.15) is 44.4 Å². The average Bonchev–Trinajstić information content (AvgIpc) is 2.96. The van der Waals surface area contributed by atoms with Gasteiger partial charge in [0.05, 0.1) is 12.2 Å². The maximum absolute atomic E-state index is 12.6. The Morgan fingerprint density at radius 2 is 1.95 bits per heavy atom. The van der Waals surface area contributed by atoms with Crippen LogP contribution >= 0.6 is 11.8 Å². The van der Waals surface area contributed by atoms with E-state index in [4.69, 9.17) is 9.47 Å². The van der Waals surface area contributed by atoms with Crippen LogP contribution in [0.15, 0.2) is 29.3 Å². The number of rotatable bonds is 4. The van der Waals surface area contributed by atoms with E-state index >= 15 is 0 Å². The molecule has 0 spiro atoms. The Kier molecular flexibility index (Phi) is 5.51. The molecular formula is C17H23NO3S. The smallest absolute Gasteiger partial charge is 0.324 e. The number of hydrogen-bond donors (Lipinski definition) is 0. The number of benzene rings is 1. The highest BCUT2D eigenvalue weighted by molar-refractivity contribution is 8.14. The maximum Gasteiger partial charge on any atom is 0.324 e. The number of thioether (sulfide) groups is 1. The molecule has 0 saturated heterocycles.